The Labute approximate surface area is 74.6 Å². The van der Waals surface area contributed by atoms with Gasteiger partial charge in [0, 0.05) is 12.2 Å². The van der Waals surface area contributed by atoms with Gasteiger partial charge in [0.25, 0.3) is 11.8 Å². The van der Waals surface area contributed by atoms with Crippen molar-refractivity contribution in [2.45, 2.75) is 12.1 Å². The zero-order valence-corrected chi connectivity index (χ0v) is 6.84. The van der Waals surface area contributed by atoms with E-state index < -0.39 is 12.1 Å². The maximum Gasteiger partial charge on any atom is 0.254 e. The normalized spacial score (nSPS) is 33.5. The Morgan fingerprint density at radius 2 is 1.92 bits per heavy atom. The molecule has 2 unspecified atom stereocenters. The summed E-state index contributed by atoms with van der Waals surface area (Å²) in [6.07, 6.45) is 1.65. The number of amides is 2. The van der Waals surface area contributed by atoms with Gasteiger partial charge in [-0.25, -0.2) is 0 Å². The number of hydrogen-bond donors (Lipinski definition) is 1. The molecule has 2 aliphatic heterocycles. The smallest absolute Gasteiger partial charge is 0.254 e. The summed E-state index contributed by atoms with van der Waals surface area (Å²) >= 11 is 0. The van der Waals surface area contributed by atoms with E-state index in [9.17, 15) is 14.7 Å². The fourth-order valence-corrected chi connectivity index (χ4v) is 1.52. The van der Waals surface area contributed by atoms with E-state index in [2.05, 4.69) is 0 Å². The van der Waals surface area contributed by atoms with Gasteiger partial charge in [0.15, 0.2) is 0 Å². The summed E-state index contributed by atoms with van der Waals surface area (Å²) in [6, 6.07) is -0.519. The van der Waals surface area contributed by atoms with Crippen LogP contribution in [0.4, 0.5) is 0 Å². The first-order valence-corrected chi connectivity index (χ1v) is 4.01. The van der Waals surface area contributed by atoms with Crippen molar-refractivity contribution in [3.05, 3.63) is 12.2 Å². The van der Waals surface area contributed by atoms with Crippen LogP contribution >= 0.6 is 0 Å². The number of rotatable bonds is 1. The summed E-state index contributed by atoms with van der Waals surface area (Å²) in [4.78, 5) is 23.4. The van der Waals surface area contributed by atoms with Crippen LogP contribution in [0.5, 0.6) is 0 Å². The summed E-state index contributed by atoms with van der Waals surface area (Å²) in [7, 11) is 0. The number of carbonyl (C=O) groups is 2. The molecule has 2 atom stereocenters. The van der Waals surface area contributed by atoms with E-state index in [0.717, 1.165) is 4.90 Å². The third-order valence-corrected chi connectivity index (χ3v) is 2.20. The van der Waals surface area contributed by atoms with Gasteiger partial charge in [-0.2, -0.15) is 0 Å². The van der Waals surface area contributed by atoms with Gasteiger partial charge in [-0.3, -0.25) is 14.5 Å². The van der Waals surface area contributed by atoms with Gasteiger partial charge in [0.1, 0.15) is 6.10 Å². The molecule has 0 radical (unpaired) electrons. The lowest BCUT2D eigenvalue weighted by atomic mass is 10.2. The summed E-state index contributed by atoms with van der Waals surface area (Å²) < 4.78 is 4.95. The van der Waals surface area contributed by atoms with Crippen molar-refractivity contribution in [1.29, 1.82) is 0 Å². The van der Waals surface area contributed by atoms with E-state index in [-0.39, 0.29) is 25.0 Å². The lowest BCUT2D eigenvalue weighted by Gasteiger charge is -2.22. The van der Waals surface area contributed by atoms with Crippen LogP contribution in [0.2, 0.25) is 0 Å². The predicted molar refractivity (Wildman–Crippen MR) is 41.6 cm³/mol. The Hall–Kier alpha value is -1.20. The van der Waals surface area contributed by atoms with Gasteiger partial charge in [-0.05, 0) is 0 Å². The van der Waals surface area contributed by atoms with Gasteiger partial charge in [0.05, 0.1) is 19.3 Å². The standard InChI is InChI=1S/C8H9NO4/c10-6-4-13-3-5(6)9-7(11)1-2-8(9)12/h1-2,5-6,10H,3-4H2. The molecular formula is C8H9NO4. The van der Waals surface area contributed by atoms with Crippen molar-refractivity contribution in [3.8, 4) is 0 Å². The maximum absolute atomic E-state index is 11.2. The fraction of sp³-hybridized carbons (Fsp3) is 0.500. The van der Waals surface area contributed by atoms with Crippen LogP contribution < -0.4 is 0 Å². The SMILES string of the molecule is O=C1C=CC(=O)N1C1COCC1O. The number of aliphatic hydroxyl groups is 1. The molecular weight excluding hydrogens is 174 g/mol. The fourth-order valence-electron chi connectivity index (χ4n) is 1.52. The topological polar surface area (TPSA) is 66.8 Å². The minimum Gasteiger partial charge on any atom is -0.388 e. The Morgan fingerprint density at radius 3 is 2.38 bits per heavy atom. The first kappa shape index (κ1) is 8.40. The van der Waals surface area contributed by atoms with Gasteiger partial charge in [-0.1, -0.05) is 0 Å². The van der Waals surface area contributed by atoms with Crippen LogP contribution in [0.1, 0.15) is 0 Å². The number of ether oxygens (including phenoxy) is 1. The van der Waals surface area contributed by atoms with Crippen LogP contribution in [0, 0.1) is 0 Å². The van der Waals surface area contributed by atoms with Crippen LogP contribution in [-0.4, -0.2) is 47.2 Å². The van der Waals surface area contributed by atoms with Crippen molar-refractivity contribution in [2.24, 2.45) is 0 Å². The zero-order valence-electron chi connectivity index (χ0n) is 6.84. The van der Waals surface area contributed by atoms with E-state index in [0.29, 0.717) is 0 Å². The average Bonchev–Trinajstić information content (AvgIpc) is 2.60. The van der Waals surface area contributed by atoms with Gasteiger partial charge in [-0.15, -0.1) is 0 Å². The molecule has 0 aliphatic carbocycles. The van der Waals surface area contributed by atoms with Gasteiger partial charge >= 0.3 is 0 Å². The maximum atomic E-state index is 11.2. The largest absolute Gasteiger partial charge is 0.388 e. The van der Waals surface area contributed by atoms with Gasteiger partial charge in [0.2, 0.25) is 0 Å². The third kappa shape index (κ3) is 1.26. The number of carbonyl (C=O) groups excluding carboxylic acids is 2. The number of nitrogens with zero attached hydrogens (tertiary/aromatic N) is 1. The molecule has 0 aromatic rings. The molecule has 0 saturated carbocycles. The second kappa shape index (κ2) is 2.93. The van der Waals surface area contributed by atoms with Crippen LogP contribution in [-0.2, 0) is 14.3 Å². The molecule has 2 amide bonds. The molecule has 13 heavy (non-hydrogen) atoms. The first-order valence-electron chi connectivity index (χ1n) is 4.01. The van der Waals surface area contributed by atoms with E-state index in [4.69, 9.17) is 4.74 Å². The van der Waals surface area contributed by atoms with Crippen LogP contribution in [0.3, 0.4) is 0 Å². The Balaban J connectivity index is 2.16. The second-order valence-electron chi connectivity index (χ2n) is 3.05. The summed E-state index contributed by atoms with van der Waals surface area (Å²) in [5.74, 6) is -0.751. The molecule has 70 valence electrons. The zero-order chi connectivity index (χ0) is 9.42. The highest BCUT2D eigenvalue weighted by Gasteiger charge is 2.38. The summed E-state index contributed by atoms with van der Waals surface area (Å²) in [5, 5.41) is 9.39. The highest BCUT2D eigenvalue weighted by atomic mass is 16.5. The molecule has 2 rings (SSSR count). The predicted octanol–water partition coefficient (Wildman–Crippen LogP) is -1.33. The monoisotopic (exact) mass is 183 g/mol. The van der Waals surface area contributed by atoms with E-state index in [1.807, 2.05) is 0 Å². The van der Waals surface area contributed by atoms with Crippen molar-refractivity contribution in [1.82, 2.24) is 4.90 Å². The van der Waals surface area contributed by atoms with E-state index in [1.165, 1.54) is 12.2 Å². The highest BCUT2D eigenvalue weighted by molar-refractivity contribution is 6.13. The van der Waals surface area contributed by atoms with Crippen molar-refractivity contribution < 1.29 is 19.4 Å². The number of aliphatic hydroxyl groups excluding tert-OH is 1. The van der Waals surface area contributed by atoms with Crippen molar-refractivity contribution in [3.63, 3.8) is 0 Å². The van der Waals surface area contributed by atoms with E-state index in [1.54, 1.807) is 0 Å². The number of hydrogen-bond acceptors (Lipinski definition) is 4. The lowest BCUT2D eigenvalue weighted by Crippen LogP contribution is -2.46. The Kier molecular flexibility index (Phi) is 1.90. The lowest BCUT2D eigenvalue weighted by molar-refractivity contribution is -0.141. The molecule has 5 nitrogen and oxygen atoms in total. The minimum atomic E-state index is -0.757. The highest BCUT2D eigenvalue weighted by Crippen LogP contribution is 2.17. The summed E-state index contributed by atoms with van der Waals surface area (Å²) in [5.41, 5.74) is 0. The molecule has 0 bridgehead atoms. The van der Waals surface area contributed by atoms with Crippen molar-refractivity contribution >= 4 is 11.8 Å². The van der Waals surface area contributed by atoms with Crippen molar-refractivity contribution in [2.75, 3.05) is 13.2 Å². The molecule has 0 spiro atoms. The molecule has 0 aromatic heterocycles. The minimum absolute atomic E-state index is 0.182. The average molecular weight is 183 g/mol. The molecule has 2 aliphatic rings. The van der Waals surface area contributed by atoms with Crippen LogP contribution in [0.15, 0.2) is 12.2 Å². The Bertz CT molecular complexity index is 268. The quantitative estimate of drug-likeness (QED) is 0.511. The molecule has 5 heteroatoms. The van der Waals surface area contributed by atoms with E-state index >= 15 is 0 Å². The Morgan fingerprint density at radius 1 is 1.31 bits per heavy atom. The molecule has 1 saturated heterocycles. The summed E-state index contributed by atoms with van der Waals surface area (Å²) in [6.45, 7) is 0.405. The van der Waals surface area contributed by atoms with Crippen LogP contribution in [0.25, 0.3) is 0 Å². The molecule has 1 fully saturated rings. The van der Waals surface area contributed by atoms with Gasteiger partial charge < -0.3 is 9.84 Å². The number of imide groups is 1. The first-order chi connectivity index (χ1) is 6.20. The molecule has 0 aromatic carbocycles. The molecule has 2 heterocycles. The second-order valence-corrected chi connectivity index (χ2v) is 3.05. The third-order valence-electron chi connectivity index (χ3n) is 2.20. The molecule has 1 N–H and O–H groups in total.